The lowest BCUT2D eigenvalue weighted by atomic mass is 10.0. The Labute approximate surface area is 126 Å². The summed E-state index contributed by atoms with van der Waals surface area (Å²) in [5.74, 6) is 0.959. The van der Waals surface area contributed by atoms with Gasteiger partial charge in [0.15, 0.2) is 0 Å². The number of hydrogen-bond acceptors (Lipinski definition) is 4. The number of benzene rings is 1. The molecular formula is C16H25N3O2. The number of fused-ring (bicyclic) bond motifs is 1. The molecule has 0 saturated heterocycles. The summed E-state index contributed by atoms with van der Waals surface area (Å²) >= 11 is 0. The van der Waals surface area contributed by atoms with Crippen molar-refractivity contribution in [2.45, 2.75) is 13.0 Å². The van der Waals surface area contributed by atoms with E-state index in [0.29, 0.717) is 17.9 Å². The molecule has 1 aliphatic rings. The van der Waals surface area contributed by atoms with E-state index in [1.165, 1.54) is 0 Å². The van der Waals surface area contributed by atoms with Crippen LogP contribution in [0.25, 0.3) is 0 Å². The zero-order chi connectivity index (χ0) is 15.6. The van der Waals surface area contributed by atoms with Gasteiger partial charge in [0.1, 0.15) is 11.9 Å². The van der Waals surface area contributed by atoms with E-state index in [0.717, 1.165) is 12.2 Å². The zero-order valence-corrected chi connectivity index (χ0v) is 13.5. The molecule has 2 atom stereocenters. The molecule has 5 nitrogen and oxygen atoms in total. The molecule has 1 N–H and O–H groups in total. The molecule has 0 aliphatic carbocycles. The molecule has 0 saturated carbocycles. The topological polar surface area (TPSA) is 44.8 Å². The Morgan fingerprint density at radius 2 is 2.14 bits per heavy atom. The van der Waals surface area contributed by atoms with Crippen LogP contribution in [0.5, 0.6) is 5.75 Å². The summed E-state index contributed by atoms with van der Waals surface area (Å²) in [4.78, 5) is 16.4. The highest BCUT2D eigenvalue weighted by atomic mass is 16.5. The Hall–Kier alpha value is -1.75. The molecule has 116 valence electrons. The largest absolute Gasteiger partial charge is 0.488 e. The smallest absolute Gasteiger partial charge is 0.257 e. The summed E-state index contributed by atoms with van der Waals surface area (Å²) in [5, 5.41) is 3.17. The average molecular weight is 291 g/mol. The predicted molar refractivity (Wildman–Crippen MR) is 85.2 cm³/mol. The number of rotatable bonds is 3. The molecule has 0 unspecified atom stereocenters. The lowest BCUT2D eigenvalue weighted by Gasteiger charge is -2.33. The fourth-order valence-electron chi connectivity index (χ4n) is 2.63. The molecule has 0 fully saturated rings. The van der Waals surface area contributed by atoms with Crippen molar-refractivity contribution in [3.05, 3.63) is 23.8 Å². The molecule has 1 heterocycles. The SMILES string of the molecule is CNC[C@H]1Oc2ccc(N(C)C)cc2C(=O)N(C)C[C@@H]1C. The highest BCUT2D eigenvalue weighted by Crippen LogP contribution is 2.29. The van der Waals surface area contributed by atoms with Gasteiger partial charge in [-0.05, 0) is 25.2 Å². The molecule has 1 amide bonds. The van der Waals surface area contributed by atoms with Crippen molar-refractivity contribution in [1.29, 1.82) is 0 Å². The van der Waals surface area contributed by atoms with Crippen LogP contribution >= 0.6 is 0 Å². The third kappa shape index (κ3) is 3.29. The van der Waals surface area contributed by atoms with E-state index in [1.807, 2.05) is 51.3 Å². The average Bonchev–Trinajstić information content (AvgIpc) is 2.45. The van der Waals surface area contributed by atoms with E-state index in [1.54, 1.807) is 4.90 Å². The van der Waals surface area contributed by atoms with Crippen LogP contribution in [0.1, 0.15) is 17.3 Å². The quantitative estimate of drug-likeness (QED) is 0.915. The molecule has 1 aromatic rings. The number of carbonyl (C=O) groups excluding carboxylic acids is 1. The van der Waals surface area contributed by atoms with Crippen LogP contribution in [0.4, 0.5) is 5.69 Å². The Balaban J connectivity index is 2.43. The van der Waals surface area contributed by atoms with E-state index in [-0.39, 0.29) is 17.9 Å². The number of amides is 1. The molecule has 2 rings (SSSR count). The number of hydrogen-bond donors (Lipinski definition) is 1. The third-order valence-corrected chi connectivity index (χ3v) is 3.94. The number of ether oxygens (including phenoxy) is 1. The molecule has 0 radical (unpaired) electrons. The molecule has 0 bridgehead atoms. The zero-order valence-electron chi connectivity index (χ0n) is 13.5. The Morgan fingerprint density at radius 3 is 2.76 bits per heavy atom. The first-order valence-electron chi connectivity index (χ1n) is 7.32. The molecule has 1 aromatic carbocycles. The monoisotopic (exact) mass is 291 g/mol. The second kappa shape index (κ2) is 6.35. The lowest BCUT2D eigenvalue weighted by molar-refractivity contribution is 0.0637. The predicted octanol–water partition coefficient (Wildman–Crippen LogP) is 1.44. The van der Waals surface area contributed by atoms with Crippen LogP contribution in [-0.4, -0.2) is 58.2 Å². The van der Waals surface area contributed by atoms with E-state index in [2.05, 4.69) is 12.2 Å². The second-order valence-corrected chi connectivity index (χ2v) is 5.95. The first-order valence-corrected chi connectivity index (χ1v) is 7.32. The first kappa shape index (κ1) is 15.6. The highest BCUT2D eigenvalue weighted by Gasteiger charge is 2.28. The Bertz CT molecular complexity index is 516. The van der Waals surface area contributed by atoms with Gasteiger partial charge in [-0.1, -0.05) is 6.92 Å². The molecular weight excluding hydrogens is 266 g/mol. The maximum atomic E-state index is 12.6. The summed E-state index contributed by atoms with van der Waals surface area (Å²) < 4.78 is 6.11. The van der Waals surface area contributed by atoms with Crippen molar-refractivity contribution in [2.24, 2.45) is 5.92 Å². The highest BCUT2D eigenvalue weighted by molar-refractivity contribution is 5.98. The number of likely N-dealkylation sites (N-methyl/N-ethyl adjacent to an activating group) is 1. The van der Waals surface area contributed by atoms with Gasteiger partial charge in [-0.2, -0.15) is 0 Å². The van der Waals surface area contributed by atoms with E-state index in [9.17, 15) is 4.79 Å². The van der Waals surface area contributed by atoms with E-state index in [4.69, 9.17) is 4.74 Å². The number of nitrogens with one attached hydrogen (secondary N) is 1. The minimum atomic E-state index is 0.0171. The Morgan fingerprint density at radius 1 is 1.43 bits per heavy atom. The van der Waals surface area contributed by atoms with Crippen LogP contribution in [0.2, 0.25) is 0 Å². The van der Waals surface area contributed by atoms with Crippen LogP contribution in [0.3, 0.4) is 0 Å². The number of anilines is 1. The van der Waals surface area contributed by atoms with Crippen molar-refractivity contribution in [3.8, 4) is 5.75 Å². The van der Waals surface area contributed by atoms with Crippen molar-refractivity contribution in [3.63, 3.8) is 0 Å². The fourth-order valence-corrected chi connectivity index (χ4v) is 2.63. The normalized spacial score (nSPS) is 22.1. The number of nitrogens with zero attached hydrogens (tertiary/aromatic N) is 2. The van der Waals surface area contributed by atoms with Crippen molar-refractivity contribution >= 4 is 11.6 Å². The Kier molecular flexibility index (Phi) is 4.73. The first-order chi connectivity index (χ1) is 9.93. The van der Waals surface area contributed by atoms with Gasteiger partial charge in [-0.15, -0.1) is 0 Å². The van der Waals surface area contributed by atoms with Gasteiger partial charge in [0.05, 0.1) is 5.56 Å². The summed E-state index contributed by atoms with van der Waals surface area (Å²) in [6.07, 6.45) is 0.0505. The van der Waals surface area contributed by atoms with Gasteiger partial charge in [0.2, 0.25) is 0 Å². The van der Waals surface area contributed by atoms with Gasteiger partial charge in [0, 0.05) is 45.8 Å². The van der Waals surface area contributed by atoms with Gasteiger partial charge in [0.25, 0.3) is 5.91 Å². The maximum Gasteiger partial charge on any atom is 0.257 e. The van der Waals surface area contributed by atoms with Gasteiger partial charge in [-0.3, -0.25) is 4.79 Å². The molecule has 0 spiro atoms. The molecule has 0 aromatic heterocycles. The van der Waals surface area contributed by atoms with Gasteiger partial charge in [-0.25, -0.2) is 0 Å². The van der Waals surface area contributed by atoms with Crippen LogP contribution < -0.4 is 15.0 Å². The van der Waals surface area contributed by atoms with Gasteiger partial charge >= 0.3 is 0 Å². The summed E-state index contributed by atoms with van der Waals surface area (Å²) in [5.41, 5.74) is 1.63. The molecule has 5 heteroatoms. The van der Waals surface area contributed by atoms with E-state index >= 15 is 0 Å². The van der Waals surface area contributed by atoms with Crippen molar-refractivity contribution < 1.29 is 9.53 Å². The fraction of sp³-hybridized carbons (Fsp3) is 0.562. The van der Waals surface area contributed by atoms with Crippen LogP contribution in [0.15, 0.2) is 18.2 Å². The molecule has 1 aliphatic heterocycles. The number of carbonyl (C=O) groups is 1. The van der Waals surface area contributed by atoms with Crippen LogP contribution in [-0.2, 0) is 0 Å². The van der Waals surface area contributed by atoms with Crippen LogP contribution in [0, 0.1) is 5.92 Å². The van der Waals surface area contributed by atoms with Gasteiger partial charge < -0.3 is 19.9 Å². The third-order valence-electron chi connectivity index (χ3n) is 3.94. The minimum Gasteiger partial charge on any atom is -0.488 e. The van der Waals surface area contributed by atoms with Crippen molar-refractivity contribution in [2.75, 3.05) is 46.2 Å². The summed E-state index contributed by atoms with van der Waals surface area (Å²) in [7, 11) is 7.70. The maximum absolute atomic E-state index is 12.6. The molecule has 21 heavy (non-hydrogen) atoms. The second-order valence-electron chi connectivity index (χ2n) is 5.95. The van der Waals surface area contributed by atoms with Crippen molar-refractivity contribution in [1.82, 2.24) is 10.2 Å². The standard InChI is InChI=1S/C16H25N3O2/c1-11-10-19(5)16(20)13-8-12(18(3)4)6-7-14(13)21-15(11)9-17-2/h6-8,11,15,17H,9-10H2,1-5H3/t11-,15+/m0/s1. The summed E-state index contributed by atoms with van der Waals surface area (Å²) in [6.45, 7) is 3.57. The summed E-state index contributed by atoms with van der Waals surface area (Å²) in [6, 6.07) is 5.78. The van der Waals surface area contributed by atoms with E-state index < -0.39 is 0 Å². The lowest BCUT2D eigenvalue weighted by Crippen LogP contribution is -2.44. The minimum absolute atomic E-state index is 0.0171.